The number of anilines is 6. The molecule has 0 spiro atoms. The van der Waals surface area contributed by atoms with Crippen LogP contribution in [0.15, 0.2) is 267 Å². The van der Waals surface area contributed by atoms with E-state index < -0.39 is 18.8 Å². The Hall–Kier alpha value is -12.8. The zero-order chi connectivity index (χ0) is 79.9. The third-order valence-corrected chi connectivity index (χ3v) is 21.3. The van der Waals surface area contributed by atoms with Crippen molar-refractivity contribution in [2.24, 2.45) is 0 Å². The van der Waals surface area contributed by atoms with Gasteiger partial charge in [0.25, 0.3) is 0 Å². The minimum Gasteiger partial charge on any atom is -0.392 e. The quantitative estimate of drug-likeness (QED) is 0.0615. The van der Waals surface area contributed by atoms with E-state index >= 15 is 0 Å². The van der Waals surface area contributed by atoms with E-state index in [1.54, 1.807) is 43.5 Å². The fourth-order valence-corrected chi connectivity index (χ4v) is 15.5. The number of rotatable bonds is 15. The highest BCUT2D eigenvalue weighted by atomic mass is 19.4. The molecule has 0 amide bonds. The van der Waals surface area contributed by atoms with E-state index in [0.29, 0.717) is 77.9 Å². The summed E-state index contributed by atoms with van der Waals surface area (Å²) in [6.07, 6.45) is 4.88. The normalized spacial score (nSPS) is 15.4. The topological polar surface area (TPSA) is 171 Å². The zero-order valence-electron chi connectivity index (χ0n) is 63.9. The summed E-state index contributed by atoms with van der Waals surface area (Å²) in [6.45, 7) is 9.63. The molecule has 0 radical (unpaired) electrons. The second-order valence-corrected chi connectivity index (χ2v) is 29.8. The van der Waals surface area contributed by atoms with Crippen LogP contribution in [0, 0.1) is 23.3 Å². The number of aromatic nitrogens is 8. The molecule has 0 saturated heterocycles. The van der Waals surface area contributed by atoms with Crippen LogP contribution in [0.2, 0.25) is 0 Å². The smallest absolute Gasteiger partial charge is 0.392 e. The molecule has 14 aromatic rings. The first-order chi connectivity index (χ1) is 55.7. The van der Waals surface area contributed by atoms with Crippen molar-refractivity contribution in [2.75, 3.05) is 34.4 Å². The average molecular weight is 1540 g/mol. The maximum atomic E-state index is 14.6. The number of hydrogen-bond donors (Lipinski definition) is 5. The molecule has 0 fully saturated rings. The maximum Gasteiger partial charge on any atom is 0.405 e. The summed E-state index contributed by atoms with van der Waals surface area (Å²) >= 11 is 0. The molecule has 4 aliphatic rings. The third-order valence-electron chi connectivity index (χ3n) is 21.3. The van der Waals surface area contributed by atoms with Crippen LogP contribution in [-0.2, 0) is 25.7 Å². The van der Waals surface area contributed by atoms with Crippen molar-refractivity contribution in [2.45, 2.75) is 108 Å². The molecule has 0 saturated carbocycles. The van der Waals surface area contributed by atoms with Gasteiger partial charge >= 0.3 is 6.18 Å². The summed E-state index contributed by atoms with van der Waals surface area (Å²) in [7, 11) is 0. The van der Waals surface area contributed by atoms with Gasteiger partial charge in [-0.15, -0.1) is 0 Å². The Morgan fingerprint density at radius 3 is 0.974 bits per heavy atom. The Kier molecular flexibility index (Phi) is 23.1. The highest BCUT2D eigenvalue weighted by Gasteiger charge is 2.34. The fourth-order valence-electron chi connectivity index (χ4n) is 15.5. The van der Waals surface area contributed by atoms with E-state index in [1.165, 1.54) is 53.2 Å². The van der Waals surface area contributed by atoms with E-state index in [9.17, 15) is 35.8 Å². The van der Waals surface area contributed by atoms with E-state index in [2.05, 4.69) is 158 Å². The number of halogens is 7. The van der Waals surface area contributed by atoms with Gasteiger partial charge in [0.1, 0.15) is 29.8 Å². The first kappa shape index (κ1) is 77.5. The minimum atomic E-state index is -4.35. The number of fused-ring (bicyclic) bond motifs is 12. The van der Waals surface area contributed by atoms with Crippen LogP contribution >= 0.6 is 0 Å². The summed E-state index contributed by atoms with van der Waals surface area (Å²) in [5.41, 5.74) is 23.1. The lowest BCUT2D eigenvalue weighted by Crippen LogP contribution is -2.23. The van der Waals surface area contributed by atoms with Gasteiger partial charge in [-0.1, -0.05) is 216 Å². The number of hydrogen-bond acceptors (Lipinski definition) is 13. The second kappa shape index (κ2) is 34.3. The van der Waals surface area contributed by atoms with Crippen molar-refractivity contribution in [1.29, 1.82) is 0 Å². The number of aliphatic hydroxyl groups is 1. The molecule has 5 atom stereocenters. The summed E-state index contributed by atoms with van der Waals surface area (Å²) in [5.74, 6) is 1.56. The molecular weight excluding hydrogens is 1460 g/mol. The van der Waals surface area contributed by atoms with Crippen LogP contribution in [0.25, 0.3) is 45.0 Å². The number of alkyl halides is 3. The molecule has 4 aromatic heterocycles. The molecule has 4 heterocycles. The number of nitrogens with one attached hydrogen (secondary N) is 4. The number of nitrogens with zero attached hydrogens (tertiary/aromatic N) is 8. The monoisotopic (exact) mass is 1540 g/mol. The highest BCUT2D eigenvalue weighted by molar-refractivity contribution is 5.77. The SMILES string of the molecule is CC(C)c1ccc(Nc2ncc3c(n2)-c2ccccc2C(c2ccc(F)cc2)C3)cc1.CC(C)c1ccc(Nc2ncc3c(n2)-c2ccccc2C(c2ccccc2F)C3)cc1.C[C@@H](O)CNc1ncc2c(n1)-c1ccccc1C(c1ccccc1F)C2.Fc1ccccc1C1Cc2cnc(NCC(F)(F)F)nc2-c2ccccc21. The third kappa shape index (κ3) is 17.7. The van der Waals surface area contributed by atoms with Gasteiger partial charge in [0.05, 0.1) is 28.9 Å². The first-order valence-electron chi connectivity index (χ1n) is 38.5. The van der Waals surface area contributed by atoms with E-state index in [4.69, 9.17) is 9.97 Å². The lowest BCUT2D eigenvalue weighted by atomic mass is 9.78. The molecule has 0 aliphatic heterocycles. The Bertz CT molecular complexity index is 5790. The first-order valence-corrected chi connectivity index (χ1v) is 38.5. The molecule has 10 aromatic carbocycles. The molecule has 0 bridgehead atoms. The van der Waals surface area contributed by atoms with Crippen LogP contribution in [0.5, 0.6) is 0 Å². The van der Waals surface area contributed by atoms with Crippen LogP contribution in [-0.4, -0.2) is 70.3 Å². The van der Waals surface area contributed by atoms with Crippen LogP contribution in [0.3, 0.4) is 0 Å². The molecule has 20 heteroatoms. The molecular formula is C95H83F7N12O. The van der Waals surface area contributed by atoms with Gasteiger partial charge in [-0.25, -0.2) is 57.4 Å². The van der Waals surface area contributed by atoms with Gasteiger partial charge in [-0.2, -0.15) is 13.2 Å². The van der Waals surface area contributed by atoms with E-state index in [0.717, 1.165) is 102 Å². The Balaban J connectivity index is 0.000000121. The van der Waals surface area contributed by atoms with Gasteiger partial charge in [0, 0.05) is 88.6 Å². The van der Waals surface area contributed by atoms with Crippen molar-refractivity contribution in [3.05, 3.63) is 369 Å². The van der Waals surface area contributed by atoms with Gasteiger partial charge in [-0.05, 0) is 177 Å². The summed E-state index contributed by atoms with van der Waals surface area (Å²) < 4.78 is 94.2. The molecule has 5 N–H and O–H groups in total. The Labute approximate surface area is 663 Å². The van der Waals surface area contributed by atoms with Crippen molar-refractivity contribution in [3.8, 4) is 45.0 Å². The van der Waals surface area contributed by atoms with E-state index in [1.807, 2.05) is 116 Å². The Morgan fingerprint density at radius 2 is 0.643 bits per heavy atom. The predicted molar refractivity (Wildman–Crippen MR) is 440 cm³/mol. The fraction of sp³-hybridized carbons (Fsp3) is 0.200. The van der Waals surface area contributed by atoms with Gasteiger partial charge in [0.15, 0.2) is 0 Å². The van der Waals surface area contributed by atoms with Gasteiger partial charge < -0.3 is 26.4 Å². The largest absolute Gasteiger partial charge is 0.405 e. The zero-order valence-corrected chi connectivity index (χ0v) is 63.9. The molecule has 13 nitrogen and oxygen atoms in total. The van der Waals surface area contributed by atoms with Crippen molar-refractivity contribution < 1.29 is 35.8 Å². The van der Waals surface area contributed by atoms with Crippen LogP contribution in [0.4, 0.5) is 65.9 Å². The summed E-state index contributed by atoms with van der Waals surface area (Å²) in [6, 6.07) is 76.1. The number of aliphatic hydroxyl groups excluding tert-OH is 1. The molecule has 115 heavy (non-hydrogen) atoms. The number of benzene rings is 10. The van der Waals surface area contributed by atoms with Gasteiger partial charge in [0.2, 0.25) is 23.8 Å². The van der Waals surface area contributed by atoms with Crippen molar-refractivity contribution in [3.63, 3.8) is 0 Å². The second-order valence-electron chi connectivity index (χ2n) is 29.8. The summed E-state index contributed by atoms with van der Waals surface area (Å²) in [4.78, 5) is 36.1. The molecule has 18 rings (SSSR count). The highest BCUT2D eigenvalue weighted by Crippen LogP contribution is 2.47. The minimum absolute atomic E-state index is 0.0455. The molecule has 578 valence electrons. The average Bonchev–Trinajstić information content (AvgIpc) is 0.776. The lowest BCUT2D eigenvalue weighted by molar-refractivity contribution is -0.115. The van der Waals surface area contributed by atoms with E-state index in [-0.39, 0.29) is 52.9 Å². The molecule has 4 aliphatic carbocycles. The summed E-state index contributed by atoms with van der Waals surface area (Å²) in [5, 5.41) is 21.4. The standard InChI is InChI=1S/2C27H24FN3.C21H20FN3O.C20H15F4N3/c1-17(2)18-11-13-20(14-12-18)30-27-29-16-19-15-24(22-8-5-6-10-25(22)28)21-7-3-4-9-23(21)26(19)31-27;1-17(2)18-9-13-22(14-10-18)30-27-29-16-20-15-25(19-7-11-21(28)12-8-19)23-5-3-4-6-24(23)26(20)31-27;1-13(26)11-23-21-24-12-14-10-18(16-7-4-5-9-19(16)22)15-6-2-3-8-17(15)20(14)25-21;21-17-8-4-3-6-14(17)16-9-12-10-25-19(26-11-20(22,23)24)27-18(12)15-7-2-1-5-13(15)16/h3-14,16-17,24H,15H2,1-2H3,(H,29,30,31);3-14,16-17,25H,15H2,1-2H3,(H,29,30,31);2-9,12-13,18,26H,10-11H2,1H3,(H,23,24,25);1-8,10,16H,9,11H2,(H,25,26,27)/t;;13-,18?;/m..1./s1. The van der Waals surface area contributed by atoms with Crippen LogP contribution in [0.1, 0.15) is 148 Å². The van der Waals surface area contributed by atoms with Crippen molar-refractivity contribution >= 4 is 35.2 Å². The maximum absolute atomic E-state index is 14.6. The lowest BCUT2D eigenvalue weighted by Gasteiger charge is -2.27. The predicted octanol–water partition coefficient (Wildman–Crippen LogP) is 22.4. The molecule has 4 unspecified atom stereocenters. The van der Waals surface area contributed by atoms with Crippen LogP contribution < -0.4 is 21.3 Å². The van der Waals surface area contributed by atoms with Gasteiger partial charge in [-0.3, -0.25) is 0 Å². The van der Waals surface area contributed by atoms with Crippen molar-refractivity contribution in [1.82, 2.24) is 39.9 Å². The Morgan fingerprint density at radius 1 is 0.348 bits per heavy atom.